The van der Waals surface area contributed by atoms with Gasteiger partial charge in [0.2, 0.25) is 5.91 Å². The van der Waals surface area contributed by atoms with Crippen LogP contribution in [0.1, 0.15) is 55.5 Å². The van der Waals surface area contributed by atoms with Crippen molar-refractivity contribution in [1.82, 2.24) is 9.80 Å². The van der Waals surface area contributed by atoms with Crippen LogP contribution in [0.4, 0.5) is 13.2 Å². The number of fused-ring (bicyclic) bond motifs is 1. The number of amides is 1. The Bertz CT molecular complexity index is 1060. The van der Waals surface area contributed by atoms with Gasteiger partial charge >= 0.3 is 0 Å². The Morgan fingerprint density at radius 1 is 1.03 bits per heavy atom. The molecule has 2 atom stereocenters. The molecule has 1 aromatic carbocycles. The molecule has 1 saturated carbocycles. The second-order valence-corrected chi connectivity index (χ2v) is 10.3. The second-order valence-electron chi connectivity index (χ2n) is 10.3. The molecule has 0 bridgehead atoms. The Labute approximate surface area is 228 Å². The van der Waals surface area contributed by atoms with E-state index in [0.29, 0.717) is 31.1 Å². The Balaban J connectivity index is 0.000000271. The van der Waals surface area contributed by atoms with E-state index >= 15 is 0 Å². The molecule has 1 amide bonds. The highest BCUT2D eigenvalue weighted by Crippen LogP contribution is 2.42. The SMILES string of the molecule is C.CN(C)C(=O)c1c(F)cc(/C(N)=C/C=C(N)N)c(F)c1F.OC(O)(C1CCOCC1)N1CC2CCCC2C1. The summed E-state index contributed by atoms with van der Waals surface area (Å²) in [5, 5.41) is 20.8. The molecular formula is C27H42F3N5O4. The number of halogens is 3. The number of nitrogens with two attached hydrogens (primary N) is 3. The summed E-state index contributed by atoms with van der Waals surface area (Å²) in [7, 11) is 2.58. The van der Waals surface area contributed by atoms with Gasteiger partial charge in [0.25, 0.3) is 5.91 Å². The van der Waals surface area contributed by atoms with Gasteiger partial charge in [-0.25, -0.2) is 13.2 Å². The van der Waals surface area contributed by atoms with Crippen molar-refractivity contribution >= 4 is 11.6 Å². The van der Waals surface area contributed by atoms with Gasteiger partial charge in [0.15, 0.2) is 11.6 Å². The summed E-state index contributed by atoms with van der Waals surface area (Å²) in [6.07, 6.45) is 7.63. The van der Waals surface area contributed by atoms with E-state index in [1.807, 2.05) is 4.90 Å². The Kier molecular flexibility index (Phi) is 11.2. The van der Waals surface area contributed by atoms with Crippen molar-refractivity contribution in [1.29, 1.82) is 0 Å². The third-order valence-electron chi connectivity index (χ3n) is 7.51. The maximum Gasteiger partial charge on any atom is 0.259 e. The number of benzene rings is 1. The second kappa shape index (κ2) is 13.5. The number of hydrogen-bond acceptors (Lipinski definition) is 8. The van der Waals surface area contributed by atoms with Crippen molar-refractivity contribution < 1.29 is 32.9 Å². The zero-order valence-corrected chi connectivity index (χ0v) is 21.8. The van der Waals surface area contributed by atoms with Crippen LogP contribution in [0.5, 0.6) is 0 Å². The summed E-state index contributed by atoms with van der Waals surface area (Å²) in [4.78, 5) is 14.5. The first-order valence-electron chi connectivity index (χ1n) is 12.7. The van der Waals surface area contributed by atoms with Crippen molar-refractivity contribution in [3.8, 4) is 0 Å². The fraction of sp³-hybridized carbons (Fsp3) is 0.593. The lowest BCUT2D eigenvalue weighted by Crippen LogP contribution is -2.54. The number of carbonyl (C=O) groups excluding carboxylic acids is 1. The summed E-state index contributed by atoms with van der Waals surface area (Å²) in [5.74, 6) is -5.61. The molecule has 3 aliphatic rings. The van der Waals surface area contributed by atoms with E-state index in [1.54, 1.807) is 0 Å². The van der Waals surface area contributed by atoms with Crippen molar-refractivity contribution in [2.75, 3.05) is 40.4 Å². The molecule has 220 valence electrons. The molecule has 4 rings (SSSR count). The quantitative estimate of drug-likeness (QED) is 0.210. The highest BCUT2D eigenvalue weighted by Gasteiger charge is 2.48. The molecule has 2 heterocycles. The molecule has 2 unspecified atom stereocenters. The Morgan fingerprint density at radius 3 is 2.10 bits per heavy atom. The molecule has 39 heavy (non-hydrogen) atoms. The lowest BCUT2D eigenvalue weighted by atomic mass is 9.95. The topological polar surface area (TPSA) is 151 Å². The minimum atomic E-state index is -1.61. The summed E-state index contributed by atoms with van der Waals surface area (Å²) in [6.45, 7) is 3.06. The molecule has 12 heteroatoms. The van der Waals surface area contributed by atoms with Crippen LogP contribution in [0.3, 0.4) is 0 Å². The molecule has 1 aliphatic carbocycles. The molecule has 8 N–H and O–H groups in total. The van der Waals surface area contributed by atoms with Gasteiger partial charge in [-0.05, 0) is 55.7 Å². The number of ether oxygens (including phenoxy) is 1. The van der Waals surface area contributed by atoms with Gasteiger partial charge in [-0.3, -0.25) is 9.69 Å². The summed E-state index contributed by atoms with van der Waals surface area (Å²) in [5.41, 5.74) is 14.0. The van der Waals surface area contributed by atoms with Gasteiger partial charge in [-0.1, -0.05) is 13.8 Å². The zero-order chi connectivity index (χ0) is 28.2. The van der Waals surface area contributed by atoms with E-state index in [-0.39, 0.29) is 24.9 Å². The van der Waals surface area contributed by atoms with Crippen LogP contribution in [-0.2, 0) is 4.74 Å². The van der Waals surface area contributed by atoms with Gasteiger partial charge in [-0.2, -0.15) is 0 Å². The van der Waals surface area contributed by atoms with E-state index in [4.69, 9.17) is 21.9 Å². The van der Waals surface area contributed by atoms with E-state index in [1.165, 1.54) is 33.4 Å². The number of aliphatic hydroxyl groups is 2. The molecule has 2 aliphatic heterocycles. The lowest BCUT2D eigenvalue weighted by molar-refractivity contribution is -0.301. The highest BCUT2D eigenvalue weighted by atomic mass is 19.2. The van der Waals surface area contributed by atoms with Gasteiger partial charge in [-0.15, -0.1) is 0 Å². The minimum absolute atomic E-state index is 0. The van der Waals surface area contributed by atoms with Crippen molar-refractivity contribution in [3.05, 3.63) is 52.6 Å². The smallest absolute Gasteiger partial charge is 0.259 e. The molecule has 0 radical (unpaired) electrons. The predicted molar refractivity (Wildman–Crippen MR) is 143 cm³/mol. The summed E-state index contributed by atoms with van der Waals surface area (Å²) < 4.78 is 47.0. The third kappa shape index (κ3) is 7.44. The number of nitrogens with zero attached hydrogens (tertiary/aromatic N) is 2. The van der Waals surface area contributed by atoms with Crippen molar-refractivity contribution in [2.24, 2.45) is 35.0 Å². The van der Waals surface area contributed by atoms with Crippen LogP contribution in [0, 0.1) is 35.2 Å². The van der Waals surface area contributed by atoms with Gasteiger partial charge in [0.05, 0.1) is 5.82 Å². The standard InChI is InChI=1S/C13H15F3N4O.C13H23NO3.CH4/c1-20(2)13(21)10-7(14)5-6(11(15)12(10)16)8(17)3-4-9(18)19;15-13(16,12-4-6-17-7-5-12)14-8-10-2-1-3-11(10)9-14;/h3-5H,17-19H2,1-2H3;10-12,15-16H,1-9H2;1H4/b8-3-;;. The summed E-state index contributed by atoms with van der Waals surface area (Å²) >= 11 is 0. The molecule has 3 fully saturated rings. The average Bonchev–Trinajstić information content (AvgIpc) is 3.49. The first-order chi connectivity index (χ1) is 17.8. The third-order valence-corrected chi connectivity index (χ3v) is 7.51. The van der Waals surface area contributed by atoms with Crippen LogP contribution in [0.15, 0.2) is 24.0 Å². The van der Waals surface area contributed by atoms with E-state index < -0.39 is 40.4 Å². The first kappa shape index (κ1) is 32.4. The van der Waals surface area contributed by atoms with E-state index in [0.717, 1.165) is 43.0 Å². The fourth-order valence-corrected chi connectivity index (χ4v) is 5.35. The molecule has 0 spiro atoms. The Morgan fingerprint density at radius 2 is 1.59 bits per heavy atom. The predicted octanol–water partition coefficient (Wildman–Crippen LogP) is 2.28. The monoisotopic (exact) mass is 557 g/mol. The van der Waals surface area contributed by atoms with E-state index in [2.05, 4.69) is 0 Å². The lowest BCUT2D eigenvalue weighted by Gasteiger charge is -2.40. The van der Waals surface area contributed by atoms with Crippen LogP contribution in [0.2, 0.25) is 0 Å². The van der Waals surface area contributed by atoms with Crippen molar-refractivity contribution in [3.63, 3.8) is 0 Å². The number of rotatable bonds is 5. The number of carbonyl (C=O) groups is 1. The van der Waals surface area contributed by atoms with Gasteiger partial charge in [0, 0.05) is 57.6 Å². The maximum absolute atomic E-state index is 13.9. The minimum Gasteiger partial charge on any atom is -0.398 e. The molecule has 2 saturated heterocycles. The molecule has 9 nitrogen and oxygen atoms in total. The zero-order valence-electron chi connectivity index (χ0n) is 21.8. The normalized spacial score (nSPS) is 21.9. The molecular weight excluding hydrogens is 515 g/mol. The number of likely N-dealkylation sites (tertiary alicyclic amines) is 1. The molecule has 1 aromatic rings. The van der Waals surface area contributed by atoms with Crippen LogP contribution < -0.4 is 17.2 Å². The van der Waals surface area contributed by atoms with Gasteiger partial charge < -0.3 is 37.1 Å². The fourth-order valence-electron chi connectivity index (χ4n) is 5.35. The maximum atomic E-state index is 13.9. The van der Waals surface area contributed by atoms with Crippen molar-refractivity contribution in [2.45, 2.75) is 45.4 Å². The van der Waals surface area contributed by atoms with Crippen LogP contribution in [0.25, 0.3) is 5.70 Å². The van der Waals surface area contributed by atoms with E-state index in [9.17, 15) is 28.2 Å². The number of allylic oxidation sites excluding steroid dienone is 2. The first-order valence-corrected chi connectivity index (χ1v) is 12.7. The number of hydrogen-bond donors (Lipinski definition) is 5. The van der Waals surface area contributed by atoms with Gasteiger partial charge in [0.1, 0.15) is 11.4 Å². The largest absolute Gasteiger partial charge is 0.398 e. The summed E-state index contributed by atoms with van der Waals surface area (Å²) in [6, 6.07) is 0.640. The highest BCUT2D eigenvalue weighted by molar-refractivity contribution is 5.95. The molecule has 0 aromatic heterocycles. The Hall–Kier alpha value is -2.80. The average molecular weight is 558 g/mol. The van der Waals surface area contributed by atoms with Crippen LogP contribution in [-0.4, -0.2) is 72.2 Å². The van der Waals surface area contributed by atoms with Crippen LogP contribution >= 0.6 is 0 Å².